The second-order valence-electron chi connectivity index (χ2n) is 8.91. The van der Waals surface area contributed by atoms with Gasteiger partial charge in [-0.2, -0.15) is 0 Å². The van der Waals surface area contributed by atoms with Gasteiger partial charge in [0.15, 0.2) is 0 Å². The van der Waals surface area contributed by atoms with Gasteiger partial charge < -0.3 is 19.5 Å². The molecule has 1 aliphatic carbocycles. The minimum Gasteiger partial charge on any atom is -0.373 e. The van der Waals surface area contributed by atoms with E-state index < -0.39 is 0 Å². The van der Waals surface area contributed by atoms with Gasteiger partial charge in [-0.3, -0.25) is 4.79 Å². The highest BCUT2D eigenvalue weighted by Crippen LogP contribution is 2.27. The van der Waals surface area contributed by atoms with E-state index in [0.29, 0.717) is 18.6 Å². The molecule has 2 aliphatic rings. The van der Waals surface area contributed by atoms with Crippen LogP contribution in [0.1, 0.15) is 48.9 Å². The van der Waals surface area contributed by atoms with Crippen molar-refractivity contribution in [2.75, 3.05) is 26.2 Å². The summed E-state index contributed by atoms with van der Waals surface area (Å²) in [7, 11) is 0. The van der Waals surface area contributed by atoms with Crippen molar-refractivity contribution < 1.29 is 9.53 Å². The maximum absolute atomic E-state index is 13.0. The van der Waals surface area contributed by atoms with E-state index in [-0.39, 0.29) is 11.9 Å². The number of nitrogens with zero attached hydrogens (tertiary/aromatic N) is 2. The molecule has 1 N–H and O–H groups in total. The van der Waals surface area contributed by atoms with Crippen LogP contribution in [0.5, 0.6) is 0 Å². The summed E-state index contributed by atoms with van der Waals surface area (Å²) >= 11 is 0. The average Bonchev–Trinajstić information content (AvgIpc) is 3.34. The molecule has 2 fully saturated rings. The first-order valence-electron chi connectivity index (χ1n) is 11.7. The van der Waals surface area contributed by atoms with Gasteiger partial charge in [-0.25, -0.2) is 0 Å². The monoisotopic (exact) mass is 421 g/mol. The number of benzene rings is 1. The van der Waals surface area contributed by atoms with Gasteiger partial charge in [-0.05, 0) is 74.5 Å². The first kappa shape index (κ1) is 21.8. The van der Waals surface area contributed by atoms with E-state index in [4.69, 9.17) is 4.74 Å². The smallest absolute Gasteiger partial charge is 0.251 e. The number of aromatic nitrogens is 1. The zero-order chi connectivity index (χ0) is 21.5. The molecule has 0 spiro atoms. The molecule has 3 atom stereocenters. The zero-order valence-electron chi connectivity index (χ0n) is 18.4. The molecule has 4 rings (SSSR count). The molecule has 1 aliphatic heterocycles. The van der Waals surface area contributed by atoms with E-state index in [0.717, 1.165) is 43.7 Å². The molecule has 1 aromatic heterocycles. The van der Waals surface area contributed by atoms with Gasteiger partial charge in [0.05, 0.1) is 12.7 Å². The summed E-state index contributed by atoms with van der Waals surface area (Å²) in [4.78, 5) is 15.5. The summed E-state index contributed by atoms with van der Waals surface area (Å²) in [6, 6.07) is 12.1. The molecule has 1 aromatic carbocycles. The van der Waals surface area contributed by atoms with Gasteiger partial charge in [0, 0.05) is 42.8 Å². The number of rotatable bonds is 8. The molecule has 1 saturated heterocycles. The van der Waals surface area contributed by atoms with Crippen LogP contribution in [0.3, 0.4) is 0 Å². The van der Waals surface area contributed by atoms with E-state index in [1.807, 2.05) is 59.4 Å². The number of carbonyl (C=O) groups is 1. The van der Waals surface area contributed by atoms with E-state index in [1.54, 1.807) is 0 Å². The predicted molar refractivity (Wildman–Crippen MR) is 125 cm³/mol. The third kappa shape index (κ3) is 5.86. The van der Waals surface area contributed by atoms with Gasteiger partial charge >= 0.3 is 0 Å². The quantitative estimate of drug-likeness (QED) is 0.642. The van der Waals surface area contributed by atoms with Gasteiger partial charge in [-0.1, -0.05) is 18.9 Å². The lowest BCUT2D eigenvalue weighted by atomic mass is 9.83. The summed E-state index contributed by atoms with van der Waals surface area (Å²) in [5.74, 6) is 0.553. The number of likely N-dealkylation sites (tertiary alicyclic amines) is 1. The van der Waals surface area contributed by atoms with Crippen LogP contribution in [0.15, 0.2) is 61.4 Å². The van der Waals surface area contributed by atoms with Crippen molar-refractivity contribution >= 4 is 5.91 Å². The molecule has 2 aromatic rings. The Morgan fingerprint density at radius 2 is 1.87 bits per heavy atom. The van der Waals surface area contributed by atoms with Crippen molar-refractivity contribution in [3.8, 4) is 5.69 Å². The normalized spacial score (nSPS) is 24.6. The SMILES string of the molecule is C=CCO[C@@H]1CCCN(C[C@H]2CCCC[C@@H]2NC(=O)c2ccc(-n3cccc3)cc2)C1. The molecule has 0 unspecified atom stereocenters. The lowest BCUT2D eigenvalue weighted by molar-refractivity contribution is 0.00515. The minimum absolute atomic E-state index is 0.0433. The zero-order valence-corrected chi connectivity index (χ0v) is 18.4. The number of nitrogens with one attached hydrogen (secondary N) is 1. The fourth-order valence-electron chi connectivity index (χ4n) is 5.01. The topological polar surface area (TPSA) is 46.5 Å². The van der Waals surface area contributed by atoms with Crippen LogP contribution in [-0.4, -0.2) is 53.8 Å². The summed E-state index contributed by atoms with van der Waals surface area (Å²) < 4.78 is 7.95. The molecule has 166 valence electrons. The van der Waals surface area contributed by atoms with Crippen molar-refractivity contribution in [1.29, 1.82) is 0 Å². The number of ether oxygens (including phenoxy) is 1. The van der Waals surface area contributed by atoms with Crippen molar-refractivity contribution in [2.24, 2.45) is 5.92 Å². The Balaban J connectivity index is 1.34. The largest absolute Gasteiger partial charge is 0.373 e. The summed E-state index contributed by atoms with van der Waals surface area (Å²) in [6.07, 6.45) is 13.2. The maximum atomic E-state index is 13.0. The fourth-order valence-corrected chi connectivity index (χ4v) is 5.01. The van der Waals surface area contributed by atoms with Gasteiger partial charge in [0.25, 0.3) is 5.91 Å². The van der Waals surface area contributed by atoms with Gasteiger partial charge in [0.1, 0.15) is 0 Å². The number of hydrogen-bond donors (Lipinski definition) is 1. The molecular formula is C26H35N3O2. The molecule has 31 heavy (non-hydrogen) atoms. The molecule has 0 radical (unpaired) electrons. The molecule has 1 saturated carbocycles. The Labute approximate surface area is 186 Å². The number of amides is 1. The number of piperidine rings is 1. The minimum atomic E-state index is 0.0433. The first-order chi connectivity index (χ1) is 15.2. The van der Waals surface area contributed by atoms with Crippen molar-refractivity contribution in [1.82, 2.24) is 14.8 Å². The van der Waals surface area contributed by atoms with Crippen LogP contribution in [0, 0.1) is 5.92 Å². The second kappa shape index (κ2) is 10.8. The molecular weight excluding hydrogens is 386 g/mol. The summed E-state index contributed by atoms with van der Waals surface area (Å²) in [6.45, 7) is 7.56. The van der Waals surface area contributed by atoms with Crippen LogP contribution in [-0.2, 0) is 4.74 Å². The van der Waals surface area contributed by atoms with Crippen LogP contribution in [0.4, 0.5) is 0 Å². The van der Waals surface area contributed by atoms with Crippen molar-refractivity contribution in [3.63, 3.8) is 0 Å². The maximum Gasteiger partial charge on any atom is 0.251 e. The predicted octanol–water partition coefficient (Wildman–Crippen LogP) is 4.43. The highest BCUT2D eigenvalue weighted by atomic mass is 16.5. The highest BCUT2D eigenvalue weighted by molar-refractivity contribution is 5.94. The third-order valence-corrected chi connectivity index (χ3v) is 6.66. The Morgan fingerprint density at radius 3 is 2.65 bits per heavy atom. The molecule has 5 heteroatoms. The Hall–Kier alpha value is -2.37. The highest BCUT2D eigenvalue weighted by Gasteiger charge is 2.30. The van der Waals surface area contributed by atoms with E-state index in [9.17, 15) is 4.79 Å². The number of hydrogen-bond acceptors (Lipinski definition) is 3. The van der Waals surface area contributed by atoms with Crippen LogP contribution in [0.25, 0.3) is 5.69 Å². The van der Waals surface area contributed by atoms with Crippen LogP contribution >= 0.6 is 0 Å². The Morgan fingerprint density at radius 1 is 1.10 bits per heavy atom. The van der Waals surface area contributed by atoms with Gasteiger partial charge in [0.2, 0.25) is 0 Å². The van der Waals surface area contributed by atoms with E-state index in [2.05, 4.69) is 16.8 Å². The summed E-state index contributed by atoms with van der Waals surface area (Å²) in [5, 5.41) is 3.36. The summed E-state index contributed by atoms with van der Waals surface area (Å²) in [5.41, 5.74) is 1.80. The van der Waals surface area contributed by atoms with E-state index >= 15 is 0 Å². The molecule has 2 heterocycles. The van der Waals surface area contributed by atoms with Crippen molar-refractivity contribution in [3.05, 3.63) is 67.0 Å². The van der Waals surface area contributed by atoms with E-state index in [1.165, 1.54) is 25.7 Å². The average molecular weight is 422 g/mol. The number of carbonyl (C=O) groups excluding carboxylic acids is 1. The fraction of sp³-hybridized carbons (Fsp3) is 0.500. The van der Waals surface area contributed by atoms with Crippen LogP contribution in [0.2, 0.25) is 0 Å². The molecule has 0 bridgehead atoms. The van der Waals surface area contributed by atoms with Crippen LogP contribution < -0.4 is 5.32 Å². The van der Waals surface area contributed by atoms with Gasteiger partial charge in [-0.15, -0.1) is 6.58 Å². The van der Waals surface area contributed by atoms with Crippen molar-refractivity contribution in [2.45, 2.75) is 50.7 Å². The standard InChI is InChI=1S/C26H35N3O2/c1-2-18-31-24-9-7-15-28(20-24)19-22-8-3-4-10-25(22)27-26(30)21-11-13-23(14-12-21)29-16-5-6-17-29/h2,5-6,11-14,16-17,22,24-25H,1,3-4,7-10,15,18-20H2,(H,27,30)/t22-,24-,25+/m1/s1. The Kier molecular flexibility index (Phi) is 7.60. The first-order valence-corrected chi connectivity index (χ1v) is 11.7. The molecule has 1 amide bonds. The Bertz CT molecular complexity index is 831. The second-order valence-corrected chi connectivity index (χ2v) is 8.91. The lowest BCUT2D eigenvalue weighted by Gasteiger charge is -2.39. The molecule has 5 nitrogen and oxygen atoms in total. The third-order valence-electron chi connectivity index (χ3n) is 6.66. The lowest BCUT2D eigenvalue weighted by Crippen LogP contribution is -2.49.